The van der Waals surface area contributed by atoms with Crippen molar-refractivity contribution in [2.24, 2.45) is 0 Å². The molecule has 1 fully saturated rings. The van der Waals surface area contributed by atoms with E-state index in [1.807, 2.05) is 28.9 Å². The molecule has 1 aromatic heterocycles. The average Bonchev–Trinajstić information content (AvgIpc) is 3.29. The van der Waals surface area contributed by atoms with E-state index in [1.54, 1.807) is 6.20 Å². The van der Waals surface area contributed by atoms with Gasteiger partial charge in [-0.15, -0.1) is 0 Å². The molecule has 0 bridgehead atoms. The Morgan fingerprint density at radius 1 is 1.03 bits per heavy atom. The fourth-order valence-electron chi connectivity index (χ4n) is 4.63. The summed E-state index contributed by atoms with van der Waals surface area (Å²) in [5, 5.41) is 7.62. The highest BCUT2D eigenvalue weighted by Crippen LogP contribution is 2.27. The number of nitrogens with one attached hydrogen (secondary N) is 1. The lowest BCUT2D eigenvalue weighted by Gasteiger charge is -2.34. The molecule has 0 spiro atoms. The first-order valence-electron chi connectivity index (χ1n) is 11.8. The highest BCUT2D eigenvalue weighted by atomic mass is 16.1. The summed E-state index contributed by atoms with van der Waals surface area (Å²) in [7, 11) is 0. The summed E-state index contributed by atoms with van der Waals surface area (Å²) in [4.78, 5) is 15.0. The maximum absolute atomic E-state index is 12.5. The minimum atomic E-state index is 0.0665. The molecule has 1 saturated heterocycles. The lowest BCUT2D eigenvalue weighted by molar-refractivity contribution is -0.116. The smallest absolute Gasteiger partial charge is 0.225 e. The Morgan fingerprint density at radius 3 is 2.44 bits per heavy atom. The predicted molar refractivity (Wildman–Crippen MR) is 130 cm³/mol. The molecule has 0 unspecified atom stereocenters. The number of anilines is 1. The van der Waals surface area contributed by atoms with Crippen molar-refractivity contribution in [2.75, 3.05) is 25.0 Å². The van der Waals surface area contributed by atoms with Crippen LogP contribution in [0, 0.1) is 0 Å². The first-order chi connectivity index (χ1) is 15.7. The minimum Gasteiger partial charge on any atom is -0.311 e. The Hall–Kier alpha value is -2.92. The molecule has 1 amide bonds. The number of piperidine rings is 1. The molecule has 0 aliphatic carbocycles. The Kier molecular flexibility index (Phi) is 7.73. The van der Waals surface area contributed by atoms with E-state index in [-0.39, 0.29) is 5.91 Å². The van der Waals surface area contributed by atoms with Crippen LogP contribution in [-0.4, -0.2) is 40.2 Å². The molecule has 4 rings (SSSR count). The van der Waals surface area contributed by atoms with Gasteiger partial charge in [-0.05, 0) is 42.7 Å². The highest BCUT2D eigenvalue weighted by Gasteiger charge is 2.24. The second kappa shape index (κ2) is 11.1. The van der Waals surface area contributed by atoms with Crippen molar-refractivity contribution in [2.45, 2.75) is 51.0 Å². The summed E-state index contributed by atoms with van der Waals surface area (Å²) >= 11 is 0. The number of nitrogens with zero attached hydrogens (tertiary/aromatic N) is 3. The molecule has 5 nitrogen and oxygen atoms in total. The summed E-state index contributed by atoms with van der Waals surface area (Å²) < 4.78 is 2.02. The van der Waals surface area contributed by atoms with Crippen LogP contribution in [0.25, 0.3) is 0 Å². The van der Waals surface area contributed by atoms with Crippen LogP contribution in [0.2, 0.25) is 0 Å². The third kappa shape index (κ3) is 6.07. The summed E-state index contributed by atoms with van der Waals surface area (Å²) in [6, 6.07) is 23.3. The molecule has 1 N–H and O–H groups in total. The van der Waals surface area contributed by atoms with Gasteiger partial charge in [0.15, 0.2) is 0 Å². The van der Waals surface area contributed by atoms with Gasteiger partial charge in [0.2, 0.25) is 5.91 Å². The molecule has 5 heteroatoms. The minimum absolute atomic E-state index is 0.0665. The van der Waals surface area contributed by atoms with E-state index in [0.717, 1.165) is 51.1 Å². The molecule has 0 radical (unpaired) electrons. The Balaban J connectivity index is 1.23. The molecule has 2 heterocycles. The number of aromatic nitrogens is 2. The van der Waals surface area contributed by atoms with Crippen LogP contribution in [0.3, 0.4) is 0 Å². The number of hydrogen-bond acceptors (Lipinski definition) is 3. The summed E-state index contributed by atoms with van der Waals surface area (Å²) in [5.74, 6) is 1.42. The number of hydrogen-bond donors (Lipinski definition) is 1. The largest absolute Gasteiger partial charge is 0.311 e. The highest BCUT2D eigenvalue weighted by molar-refractivity contribution is 5.89. The molecular formula is C27H34N4O. The van der Waals surface area contributed by atoms with Crippen molar-refractivity contribution < 1.29 is 4.79 Å². The van der Waals surface area contributed by atoms with Crippen LogP contribution in [0.1, 0.15) is 55.7 Å². The maximum atomic E-state index is 12.5. The SMILES string of the molecule is C[C@H](CN1CCC(n2nccc2NC(=O)CCCc2ccccc2)CC1)c1ccccc1. The van der Waals surface area contributed by atoms with Crippen molar-refractivity contribution in [1.82, 2.24) is 14.7 Å². The number of likely N-dealkylation sites (tertiary alicyclic amines) is 1. The van der Waals surface area contributed by atoms with Gasteiger partial charge in [0.25, 0.3) is 0 Å². The number of rotatable bonds is 9. The second-order valence-electron chi connectivity index (χ2n) is 8.89. The van der Waals surface area contributed by atoms with Crippen LogP contribution < -0.4 is 5.32 Å². The van der Waals surface area contributed by atoms with E-state index in [2.05, 4.69) is 64.7 Å². The summed E-state index contributed by atoms with van der Waals surface area (Å²) in [5.41, 5.74) is 2.68. The van der Waals surface area contributed by atoms with Crippen molar-refractivity contribution in [1.29, 1.82) is 0 Å². The lowest BCUT2D eigenvalue weighted by atomic mass is 9.98. The Bertz CT molecular complexity index is 962. The topological polar surface area (TPSA) is 50.2 Å². The van der Waals surface area contributed by atoms with Gasteiger partial charge in [-0.1, -0.05) is 67.6 Å². The van der Waals surface area contributed by atoms with Crippen LogP contribution in [0.5, 0.6) is 0 Å². The molecule has 3 aromatic rings. The second-order valence-corrected chi connectivity index (χ2v) is 8.89. The van der Waals surface area contributed by atoms with E-state index >= 15 is 0 Å². The Labute approximate surface area is 191 Å². The molecule has 1 aliphatic rings. The zero-order chi connectivity index (χ0) is 22.2. The van der Waals surface area contributed by atoms with E-state index in [0.29, 0.717) is 18.4 Å². The first kappa shape index (κ1) is 22.3. The van der Waals surface area contributed by atoms with Gasteiger partial charge >= 0.3 is 0 Å². The fourth-order valence-corrected chi connectivity index (χ4v) is 4.63. The molecule has 0 saturated carbocycles. The summed E-state index contributed by atoms with van der Waals surface area (Å²) in [6.45, 7) is 5.51. The molecule has 1 aliphatic heterocycles. The van der Waals surface area contributed by atoms with E-state index in [9.17, 15) is 4.79 Å². The average molecular weight is 431 g/mol. The van der Waals surface area contributed by atoms with Crippen molar-refractivity contribution in [3.05, 3.63) is 84.1 Å². The zero-order valence-corrected chi connectivity index (χ0v) is 19.0. The van der Waals surface area contributed by atoms with Gasteiger partial charge in [0.05, 0.1) is 12.2 Å². The van der Waals surface area contributed by atoms with Crippen LogP contribution in [-0.2, 0) is 11.2 Å². The molecule has 1 atom stereocenters. The van der Waals surface area contributed by atoms with Crippen LogP contribution in [0.15, 0.2) is 72.9 Å². The van der Waals surface area contributed by atoms with Crippen molar-refractivity contribution in [3.63, 3.8) is 0 Å². The maximum Gasteiger partial charge on any atom is 0.225 e. The van der Waals surface area contributed by atoms with E-state index in [1.165, 1.54) is 11.1 Å². The van der Waals surface area contributed by atoms with Crippen LogP contribution >= 0.6 is 0 Å². The molecular weight excluding hydrogens is 396 g/mol. The van der Waals surface area contributed by atoms with Gasteiger partial charge < -0.3 is 10.2 Å². The molecule has 168 valence electrons. The summed E-state index contributed by atoms with van der Waals surface area (Å²) in [6.07, 6.45) is 6.20. The Morgan fingerprint density at radius 2 is 1.72 bits per heavy atom. The van der Waals surface area contributed by atoms with E-state index < -0.39 is 0 Å². The quantitative estimate of drug-likeness (QED) is 0.502. The third-order valence-electron chi connectivity index (χ3n) is 6.45. The lowest BCUT2D eigenvalue weighted by Crippen LogP contribution is -2.37. The first-order valence-corrected chi connectivity index (χ1v) is 11.8. The van der Waals surface area contributed by atoms with Crippen LogP contribution in [0.4, 0.5) is 5.82 Å². The standard InChI is InChI=1S/C27H34N4O/c1-22(24-12-6-3-7-13-24)21-30-19-16-25(17-20-30)31-26(15-18-28-31)29-27(32)14-8-11-23-9-4-2-5-10-23/h2-7,9-10,12-13,15,18,22,25H,8,11,14,16-17,19-21H2,1H3,(H,29,32)/t22-/m1/s1. The molecule has 2 aromatic carbocycles. The van der Waals surface area contributed by atoms with Gasteiger partial charge in [-0.3, -0.25) is 4.79 Å². The molecule has 32 heavy (non-hydrogen) atoms. The number of benzene rings is 2. The number of aryl methyl sites for hydroxylation is 1. The fraction of sp³-hybridized carbons (Fsp3) is 0.407. The van der Waals surface area contributed by atoms with Gasteiger partial charge in [-0.25, -0.2) is 4.68 Å². The van der Waals surface area contributed by atoms with E-state index in [4.69, 9.17) is 0 Å². The number of carbonyl (C=O) groups excluding carboxylic acids is 1. The zero-order valence-electron chi connectivity index (χ0n) is 19.0. The van der Waals surface area contributed by atoms with Crippen molar-refractivity contribution in [3.8, 4) is 0 Å². The van der Waals surface area contributed by atoms with Gasteiger partial charge in [0, 0.05) is 32.1 Å². The normalized spacial score (nSPS) is 16.0. The predicted octanol–water partition coefficient (Wildman–Crippen LogP) is 5.29. The van der Waals surface area contributed by atoms with Gasteiger partial charge in [0.1, 0.15) is 5.82 Å². The number of amides is 1. The van der Waals surface area contributed by atoms with Crippen molar-refractivity contribution >= 4 is 11.7 Å². The third-order valence-corrected chi connectivity index (χ3v) is 6.45. The number of carbonyl (C=O) groups is 1. The van der Waals surface area contributed by atoms with Gasteiger partial charge in [-0.2, -0.15) is 5.10 Å². The monoisotopic (exact) mass is 430 g/mol.